The summed E-state index contributed by atoms with van der Waals surface area (Å²) in [4.78, 5) is 0. The predicted molar refractivity (Wildman–Crippen MR) is 97.9 cm³/mol. The number of benzene rings is 2. The van der Waals surface area contributed by atoms with Crippen LogP contribution >= 0.6 is 11.6 Å². The van der Waals surface area contributed by atoms with E-state index in [0.717, 1.165) is 17.5 Å². The van der Waals surface area contributed by atoms with Gasteiger partial charge in [-0.1, -0.05) is 34.9 Å². The molecule has 2 heterocycles. The minimum atomic E-state index is -0.0262. The van der Waals surface area contributed by atoms with E-state index in [-0.39, 0.29) is 12.1 Å². The van der Waals surface area contributed by atoms with Gasteiger partial charge in [0.2, 0.25) is 5.95 Å². The Hall–Kier alpha value is -2.80. The van der Waals surface area contributed by atoms with Gasteiger partial charge >= 0.3 is 0 Å². The first-order valence-electron chi connectivity index (χ1n) is 8.21. The van der Waals surface area contributed by atoms with Crippen molar-refractivity contribution in [3.8, 4) is 11.5 Å². The highest BCUT2D eigenvalue weighted by Crippen LogP contribution is 2.39. The molecule has 7 nitrogen and oxygen atoms in total. The third-order valence-electron chi connectivity index (χ3n) is 4.62. The molecule has 8 heteroatoms. The summed E-state index contributed by atoms with van der Waals surface area (Å²) in [6.45, 7) is 0. The standard InChI is InChI=1S/C18H18ClN5O2/c1-25-16-8-5-12(9-17(16)26-2)15-10-14(11-3-6-13(19)7-4-11)20-18-21-22-23-24(15)18/h3-9,14-15H,10H2,1-2H3,(H,20,21,23). The first-order valence-corrected chi connectivity index (χ1v) is 8.59. The van der Waals surface area contributed by atoms with Gasteiger partial charge in [-0.15, -0.1) is 0 Å². The van der Waals surface area contributed by atoms with Crippen molar-refractivity contribution < 1.29 is 9.47 Å². The molecular formula is C18H18ClN5O2. The molecule has 1 aliphatic heterocycles. The third-order valence-corrected chi connectivity index (χ3v) is 4.87. The molecule has 0 spiro atoms. The predicted octanol–water partition coefficient (Wildman–Crippen LogP) is 3.49. The van der Waals surface area contributed by atoms with E-state index in [4.69, 9.17) is 21.1 Å². The number of fused-ring (bicyclic) bond motifs is 1. The number of tetrazole rings is 1. The molecule has 0 fully saturated rings. The van der Waals surface area contributed by atoms with E-state index in [2.05, 4.69) is 20.8 Å². The molecule has 2 unspecified atom stereocenters. The third kappa shape index (κ3) is 2.94. The van der Waals surface area contributed by atoms with E-state index in [1.165, 1.54) is 0 Å². The summed E-state index contributed by atoms with van der Waals surface area (Å²) in [6, 6.07) is 13.8. The van der Waals surface area contributed by atoms with E-state index in [9.17, 15) is 0 Å². The molecule has 0 saturated carbocycles. The number of hydrogen-bond acceptors (Lipinski definition) is 6. The van der Waals surface area contributed by atoms with Gasteiger partial charge in [0, 0.05) is 5.02 Å². The van der Waals surface area contributed by atoms with Gasteiger partial charge in [-0.2, -0.15) is 0 Å². The van der Waals surface area contributed by atoms with Crippen LogP contribution in [0, 0.1) is 0 Å². The average molecular weight is 372 g/mol. The number of aromatic nitrogens is 4. The van der Waals surface area contributed by atoms with Crippen LogP contribution in [0.3, 0.4) is 0 Å². The number of nitrogens with one attached hydrogen (secondary N) is 1. The second-order valence-electron chi connectivity index (χ2n) is 6.06. The van der Waals surface area contributed by atoms with Crippen LogP contribution < -0.4 is 14.8 Å². The summed E-state index contributed by atoms with van der Waals surface area (Å²) >= 11 is 6.02. The van der Waals surface area contributed by atoms with Crippen LogP contribution in [0.2, 0.25) is 5.02 Å². The van der Waals surface area contributed by atoms with E-state index in [1.807, 2.05) is 42.5 Å². The fourth-order valence-corrected chi connectivity index (χ4v) is 3.41. The maximum Gasteiger partial charge on any atom is 0.243 e. The van der Waals surface area contributed by atoms with Gasteiger partial charge in [-0.05, 0) is 52.2 Å². The van der Waals surface area contributed by atoms with Gasteiger partial charge in [0.1, 0.15) is 0 Å². The van der Waals surface area contributed by atoms with Gasteiger partial charge < -0.3 is 14.8 Å². The van der Waals surface area contributed by atoms with Crippen LogP contribution in [-0.2, 0) is 0 Å². The minimum absolute atomic E-state index is 0.0262. The smallest absolute Gasteiger partial charge is 0.243 e. The SMILES string of the molecule is COc1ccc(C2CC(c3ccc(Cl)cc3)Nc3nnnn32)cc1OC. The highest BCUT2D eigenvalue weighted by atomic mass is 35.5. The molecule has 134 valence electrons. The fraction of sp³-hybridized carbons (Fsp3) is 0.278. The molecule has 1 aromatic heterocycles. The first-order chi connectivity index (χ1) is 12.7. The Morgan fingerprint density at radius 3 is 2.50 bits per heavy atom. The Bertz CT molecular complexity index is 912. The summed E-state index contributed by atoms with van der Waals surface area (Å²) in [5.41, 5.74) is 2.19. The Labute approximate surface area is 155 Å². The maximum absolute atomic E-state index is 6.02. The van der Waals surface area contributed by atoms with Crippen molar-refractivity contribution in [1.29, 1.82) is 0 Å². The first kappa shape index (κ1) is 16.7. The zero-order valence-corrected chi connectivity index (χ0v) is 15.1. The van der Waals surface area contributed by atoms with E-state index < -0.39 is 0 Å². The molecule has 1 aliphatic rings. The number of anilines is 1. The Balaban J connectivity index is 1.72. The van der Waals surface area contributed by atoms with E-state index in [0.29, 0.717) is 22.5 Å². The number of rotatable bonds is 4. The summed E-state index contributed by atoms with van der Waals surface area (Å²) < 4.78 is 12.6. The van der Waals surface area contributed by atoms with Crippen molar-refractivity contribution in [1.82, 2.24) is 20.2 Å². The number of ether oxygens (including phenoxy) is 2. The molecule has 26 heavy (non-hydrogen) atoms. The van der Waals surface area contributed by atoms with Crippen LogP contribution in [0.4, 0.5) is 5.95 Å². The van der Waals surface area contributed by atoms with Crippen LogP contribution in [-0.4, -0.2) is 34.4 Å². The number of methoxy groups -OCH3 is 2. The molecule has 0 radical (unpaired) electrons. The molecule has 2 aromatic carbocycles. The molecule has 0 amide bonds. The van der Waals surface area contributed by atoms with Crippen LogP contribution in [0.5, 0.6) is 11.5 Å². The molecular weight excluding hydrogens is 354 g/mol. The van der Waals surface area contributed by atoms with Crippen LogP contribution in [0.15, 0.2) is 42.5 Å². The van der Waals surface area contributed by atoms with Gasteiger partial charge in [0.25, 0.3) is 0 Å². The largest absolute Gasteiger partial charge is 0.493 e. The Morgan fingerprint density at radius 2 is 1.77 bits per heavy atom. The molecule has 0 bridgehead atoms. The molecule has 1 N–H and O–H groups in total. The molecule has 0 saturated heterocycles. The maximum atomic E-state index is 6.02. The van der Waals surface area contributed by atoms with Gasteiger partial charge in [0.05, 0.1) is 26.3 Å². The molecule has 2 atom stereocenters. The van der Waals surface area contributed by atoms with Crippen molar-refractivity contribution in [3.05, 3.63) is 58.6 Å². The normalized spacial score (nSPS) is 18.7. The number of nitrogens with zero attached hydrogens (tertiary/aromatic N) is 4. The minimum Gasteiger partial charge on any atom is -0.493 e. The molecule has 0 aliphatic carbocycles. The van der Waals surface area contributed by atoms with Crippen molar-refractivity contribution >= 4 is 17.5 Å². The van der Waals surface area contributed by atoms with Gasteiger partial charge in [-0.25, -0.2) is 4.68 Å². The topological polar surface area (TPSA) is 74.1 Å². The summed E-state index contributed by atoms with van der Waals surface area (Å²) in [5.74, 6) is 2.01. The quantitative estimate of drug-likeness (QED) is 0.756. The average Bonchev–Trinajstić information content (AvgIpc) is 3.16. The second kappa shape index (κ2) is 6.84. The van der Waals surface area contributed by atoms with E-state index in [1.54, 1.807) is 18.9 Å². The van der Waals surface area contributed by atoms with Crippen molar-refractivity contribution in [2.24, 2.45) is 0 Å². The van der Waals surface area contributed by atoms with Crippen LogP contribution in [0.1, 0.15) is 29.6 Å². The van der Waals surface area contributed by atoms with Gasteiger partial charge in [-0.3, -0.25) is 0 Å². The summed E-state index contributed by atoms with van der Waals surface area (Å²) in [7, 11) is 3.25. The molecule has 4 rings (SSSR count). The Kier molecular flexibility index (Phi) is 4.38. The van der Waals surface area contributed by atoms with Crippen molar-refractivity contribution in [3.63, 3.8) is 0 Å². The molecule has 3 aromatic rings. The van der Waals surface area contributed by atoms with Crippen molar-refractivity contribution in [2.75, 3.05) is 19.5 Å². The summed E-state index contributed by atoms with van der Waals surface area (Å²) in [6.07, 6.45) is 0.787. The zero-order valence-electron chi connectivity index (χ0n) is 14.4. The lowest BCUT2D eigenvalue weighted by Gasteiger charge is -2.31. The highest BCUT2D eigenvalue weighted by molar-refractivity contribution is 6.30. The monoisotopic (exact) mass is 371 g/mol. The summed E-state index contributed by atoms with van der Waals surface area (Å²) in [5, 5.41) is 16.2. The van der Waals surface area contributed by atoms with E-state index >= 15 is 0 Å². The number of halogens is 1. The number of hydrogen-bond donors (Lipinski definition) is 1. The van der Waals surface area contributed by atoms with Crippen LogP contribution in [0.25, 0.3) is 0 Å². The lowest BCUT2D eigenvalue weighted by atomic mass is 9.93. The lowest BCUT2D eigenvalue weighted by Crippen LogP contribution is -2.28. The zero-order chi connectivity index (χ0) is 18.1. The Morgan fingerprint density at radius 1 is 1.04 bits per heavy atom. The highest BCUT2D eigenvalue weighted by Gasteiger charge is 2.31. The second-order valence-corrected chi connectivity index (χ2v) is 6.50. The fourth-order valence-electron chi connectivity index (χ4n) is 3.29. The van der Waals surface area contributed by atoms with Gasteiger partial charge in [0.15, 0.2) is 11.5 Å². The van der Waals surface area contributed by atoms with Crippen molar-refractivity contribution in [2.45, 2.75) is 18.5 Å². The lowest BCUT2D eigenvalue weighted by molar-refractivity contribution is 0.352.